The molecule has 2 aliphatic rings. The maximum atomic E-state index is 15.0. The number of carbonyl (C=O) groups is 1. The van der Waals surface area contributed by atoms with E-state index < -0.39 is 5.82 Å². The Balaban J connectivity index is 0.00000262. The molecule has 2 atom stereocenters. The second-order valence-corrected chi connectivity index (χ2v) is 10.2. The number of allylic oxidation sites excluding steroid dienone is 4. The molecular formula is C35H40FLi2N7O3-4. The summed E-state index contributed by atoms with van der Waals surface area (Å²) < 4.78 is 26.8. The fourth-order valence-electron chi connectivity index (χ4n) is 5.25. The van der Waals surface area contributed by atoms with Gasteiger partial charge in [-0.2, -0.15) is 12.2 Å². The summed E-state index contributed by atoms with van der Waals surface area (Å²) in [5.41, 5.74) is 1.30. The summed E-state index contributed by atoms with van der Waals surface area (Å²) in [5.74, 6) is 2.58. The van der Waals surface area contributed by atoms with Gasteiger partial charge in [-0.25, -0.2) is 45.3 Å². The molecule has 4 heterocycles. The molecule has 2 aromatic heterocycles. The van der Waals surface area contributed by atoms with Crippen molar-refractivity contribution in [3.63, 3.8) is 0 Å². The number of rotatable bonds is 10. The number of pyridine rings is 1. The van der Waals surface area contributed by atoms with Crippen LogP contribution in [0.15, 0.2) is 65.6 Å². The van der Waals surface area contributed by atoms with E-state index in [1.54, 1.807) is 18.2 Å². The molecule has 1 fully saturated rings. The molecule has 1 saturated heterocycles. The Hall–Kier alpha value is -4.00. The summed E-state index contributed by atoms with van der Waals surface area (Å²) in [5, 5.41) is 10.6. The predicted octanol–water partition coefficient (Wildman–Crippen LogP) is 1.15. The topological polar surface area (TPSA) is 124 Å². The van der Waals surface area contributed by atoms with Gasteiger partial charge in [0.25, 0.3) is 0 Å². The van der Waals surface area contributed by atoms with E-state index in [1.807, 2.05) is 6.07 Å². The Morgan fingerprint density at radius 1 is 1.27 bits per heavy atom. The Kier molecular flexibility index (Phi) is 20.0. The number of benzene rings is 1. The van der Waals surface area contributed by atoms with Crippen molar-refractivity contribution in [1.29, 1.82) is 0 Å². The minimum absolute atomic E-state index is 0. The van der Waals surface area contributed by atoms with E-state index in [4.69, 9.17) is 26.4 Å². The molecule has 5 rings (SSSR count). The molecule has 2 bridgehead atoms. The summed E-state index contributed by atoms with van der Waals surface area (Å²) >= 11 is 0. The van der Waals surface area contributed by atoms with Crippen molar-refractivity contribution in [2.75, 3.05) is 29.9 Å². The van der Waals surface area contributed by atoms with E-state index in [0.29, 0.717) is 53.6 Å². The van der Waals surface area contributed by atoms with Crippen molar-refractivity contribution in [2.24, 2.45) is 16.8 Å². The molecule has 1 N–H and O–H groups in total. The number of hydrogen-bond acceptors (Lipinski definition) is 8. The molecule has 0 radical (unpaired) electrons. The van der Waals surface area contributed by atoms with Gasteiger partial charge < -0.3 is 49.7 Å². The Morgan fingerprint density at radius 3 is 2.67 bits per heavy atom. The minimum Gasteiger partial charge on any atom is -0.547 e. The number of aromatic nitrogens is 3. The van der Waals surface area contributed by atoms with Crippen LogP contribution in [0.3, 0.4) is 0 Å². The average Bonchev–Trinajstić information content (AvgIpc) is 3.35. The first-order chi connectivity index (χ1) is 21.4. The molecule has 0 spiro atoms. The molecule has 3 aromatic rings. The third-order valence-electron chi connectivity index (χ3n) is 7.38. The van der Waals surface area contributed by atoms with E-state index in [2.05, 4.69) is 45.7 Å². The van der Waals surface area contributed by atoms with Crippen LogP contribution in [-0.4, -0.2) is 53.5 Å². The molecule has 1 unspecified atom stereocenters. The third-order valence-corrected chi connectivity index (χ3v) is 7.38. The largest absolute Gasteiger partial charge is 1.00 e. The number of ketones is 1. The summed E-state index contributed by atoms with van der Waals surface area (Å²) in [6, 6.07) is 6.29. The number of ether oxygens (including phenoxy) is 2. The molecule has 13 heteroatoms. The number of anilines is 3. The van der Waals surface area contributed by atoms with E-state index in [0.717, 1.165) is 38.2 Å². The summed E-state index contributed by atoms with van der Waals surface area (Å²) in [6.45, 7) is 17.8. The monoisotopic (exact) mass is 639 g/mol. The van der Waals surface area contributed by atoms with Crippen molar-refractivity contribution < 1.29 is 56.4 Å². The molecule has 246 valence electrons. The molecule has 10 nitrogen and oxygen atoms in total. The summed E-state index contributed by atoms with van der Waals surface area (Å²) in [7, 11) is 0. The third kappa shape index (κ3) is 11.3. The fourth-order valence-corrected chi connectivity index (χ4v) is 5.25. The van der Waals surface area contributed by atoms with Gasteiger partial charge >= 0.3 is 37.7 Å². The van der Waals surface area contributed by atoms with Gasteiger partial charge in [0.2, 0.25) is 0 Å². The molecule has 0 amide bonds. The van der Waals surface area contributed by atoms with Gasteiger partial charge in [-0.1, -0.05) is 0 Å². The first-order valence-corrected chi connectivity index (χ1v) is 14.1. The molecule has 2 aliphatic heterocycles. The first kappa shape index (κ1) is 44.0. The standard InChI is InChI=1S/C31H31FN5O3.C2H3N2.2CH3.2Li/c1-4-8-22(38)11-10-20-9-7-14-37-17-21(20)18-39-28-16-27-29(36-31(28)37)30(34-19-33-27)35-26-13-12-24(15-25(26)32)40-23(5-2)6-3;1-4-2-3;;;;/h2,4-6,8,12-13,15-16,19-21H,1,3,7,9-11,14,17-18H2,(H,33,34,35);2H,1H2;2*1H3;;/q-3;3*-1;2*+1/b8-4+,23-6+;;;;;/t20?,21-;;;;;/m0...../s1. The van der Waals surface area contributed by atoms with Crippen LogP contribution >= 0.6 is 0 Å². The zero-order chi connectivity index (χ0) is 31.5. The van der Waals surface area contributed by atoms with Gasteiger partial charge in [0.1, 0.15) is 23.4 Å². The molecule has 48 heavy (non-hydrogen) atoms. The SMILES string of the molecule is C=NC=[N-].[CH-]=C/C(=C\[CH2-])Oc1ccc(Nc2ncnc3cc4c(nc23)N2CCCC(CCC(=O)/C=C/[CH2-])[C@H](CO4)C2)c(F)c1.[CH3-].[CH3-].[Li+].[Li+]. The normalized spacial score (nSPS) is 16.2. The zero-order valence-electron chi connectivity index (χ0n) is 28.4. The maximum absolute atomic E-state index is 15.0. The number of fused-ring (bicyclic) bond motifs is 5. The molecule has 0 saturated carbocycles. The zero-order valence-corrected chi connectivity index (χ0v) is 28.4. The number of halogens is 1. The Bertz CT molecular complexity index is 1580. The predicted molar refractivity (Wildman–Crippen MR) is 184 cm³/mol. The van der Waals surface area contributed by atoms with E-state index in [-0.39, 0.29) is 75.7 Å². The van der Waals surface area contributed by atoms with Crippen molar-refractivity contribution in [1.82, 2.24) is 15.0 Å². The van der Waals surface area contributed by atoms with Crippen molar-refractivity contribution >= 4 is 47.2 Å². The molecule has 1 aromatic carbocycles. The van der Waals surface area contributed by atoms with Gasteiger partial charge in [0, 0.05) is 31.1 Å². The van der Waals surface area contributed by atoms with E-state index >= 15 is 0 Å². The van der Waals surface area contributed by atoms with Gasteiger partial charge in [0.15, 0.2) is 17.4 Å². The number of hydrogen-bond donors (Lipinski definition) is 1. The number of nitrogens with zero attached hydrogens (tertiary/aromatic N) is 6. The van der Waals surface area contributed by atoms with Crippen LogP contribution in [-0.2, 0) is 4.79 Å². The number of aliphatic imine (C=N–C) groups is 1. The molecule has 0 aliphatic carbocycles. The van der Waals surface area contributed by atoms with Crippen molar-refractivity contribution in [3.8, 4) is 11.5 Å². The maximum Gasteiger partial charge on any atom is 1.00 e. The van der Waals surface area contributed by atoms with Crippen LogP contribution in [0.5, 0.6) is 11.5 Å². The van der Waals surface area contributed by atoms with E-state index in [1.165, 1.54) is 30.6 Å². The van der Waals surface area contributed by atoms with Crippen LogP contribution in [0, 0.1) is 52.9 Å². The van der Waals surface area contributed by atoms with Crippen LogP contribution in [0.25, 0.3) is 16.4 Å². The average molecular weight is 640 g/mol. The first-order valence-electron chi connectivity index (χ1n) is 14.1. The summed E-state index contributed by atoms with van der Waals surface area (Å²) in [6.07, 6.45) is 11.2. The van der Waals surface area contributed by atoms with Gasteiger partial charge in [-0.3, -0.25) is 6.58 Å². The second-order valence-electron chi connectivity index (χ2n) is 10.2. The second kappa shape index (κ2) is 21.8. The summed E-state index contributed by atoms with van der Waals surface area (Å²) in [4.78, 5) is 30.9. The van der Waals surface area contributed by atoms with E-state index in [9.17, 15) is 9.18 Å². The quantitative estimate of drug-likeness (QED) is 0.0667. The Morgan fingerprint density at radius 2 is 2.02 bits per heavy atom. The van der Waals surface area contributed by atoms with Gasteiger partial charge in [-0.15, -0.1) is 13.1 Å². The van der Waals surface area contributed by atoms with Gasteiger partial charge in [-0.05, 0) is 49.5 Å². The van der Waals surface area contributed by atoms with Crippen LogP contribution in [0.4, 0.5) is 21.7 Å². The van der Waals surface area contributed by atoms with Crippen molar-refractivity contribution in [3.05, 3.63) is 107 Å². The van der Waals surface area contributed by atoms with Crippen LogP contribution in [0.2, 0.25) is 0 Å². The van der Waals surface area contributed by atoms with Crippen LogP contribution < -0.4 is 57.4 Å². The minimum atomic E-state index is -0.534. The van der Waals surface area contributed by atoms with Crippen molar-refractivity contribution in [2.45, 2.75) is 25.7 Å². The Labute approximate surface area is 308 Å². The van der Waals surface area contributed by atoms with Gasteiger partial charge in [0.05, 0.1) is 23.6 Å². The number of carbonyl (C=O) groups excluding carboxylic acids is 1. The van der Waals surface area contributed by atoms with Crippen LogP contribution in [0.1, 0.15) is 25.7 Å². The smallest absolute Gasteiger partial charge is 0.547 e. The number of nitrogens with one attached hydrogen (secondary N) is 1. The molecular weight excluding hydrogens is 599 g/mol. The fraction of sp³-hybridized carbons (Fsp3) is 0.257.